The summed E-state index contributed by atoms with van der Waals surface area (Å²) in [4.78, 5) is 27.1. The Labute approximate surface area is 169 Å². The Morgan fingerprint density at radius 3 is 2.56 bits per heavy atom. The summed E-state index contributed by atoms with van der Waals surface area (Å²) < 4.78 is 0. The molecule has 1 atom stereocenters. The fraction of sp³-hybridized carbons (Fsp3) is 0.333. The molecule has 0 spiro atoms. The molecule has 4 nitrogen and oxygen atoms in total. The molecule has 0 radical (unpaired) electrons. The third-order valence-corrected chi connectivity index (χ3v) is 5.32. The third kappa shape index (κ3) is 4.82. The van der Waals surface area contributed by atoms with Crippen molar-refractivity contribution in [2.45, 2.75) is 32.2 Å². The van der Waals surface area contributed by atoms with Gasteiger partial charge in [0.2, 0.25) is 5.91 Å². The first-order valence-electron chi connectivity index (χ1n) is 9.05. The van der Waals surface area contributed by atoms with Crippen molar-refractivity contribution in [3.05, 3.63) is 69.2 Å². The standard InChI is InChI=1S/C21H22Cl2N2O2/c1-14-5-2-3-6-15(14)8-9-24-20(26)19-7-4-10-25(19)21(27)16-11-17(22)13-18(23)12-16/h2-3,5-6,11-13,19H,4,7-10H2,1H3,(H,24,26). The van der Waals surface area contributed by atoms with Gasteiger partial charge in [0.25, 0.3) is 5.91 Å². The molecule has 0 aromatic heterocycles. The molecule has 1 aliphatic heterocycles. The Balaban J connectivity index is 1.62. The summed E-state index contributed by atoms with van der Waals surface area (Å²) in [6, 6.07) is 12.4. The smallest absolute Gasteiger partial charge is 0.254 e. The number of likely N-dealkylation sites (tertiary alicyclic amines) is 1. The third-order valence-electron chi connectivity index (χ3n) is 4.88. The lowest BCUT2D eigenvalue weighted by Gasteiger charge is -2.24. The van der Waals surface area contributed by atoms with Crippen molar-refractivity contribution in [2.24, 2.45) is 0 Å². The summed E-state index contributed by atoms with van der Waals surface area (Å²) in [6.45, 7) is 3.16. The molecule has 1 fully saturated rings. The molecule has 0 saturated carbocycles. The lowest BCUT2D eigenvalue weighted by Crippen LogP contribution is -2.46. The van der Waals surface area contributed by atoms with Crippen molar-refractivity contribution in [1.82, 2.24) is 10.2 Å². The number of benzene rings is 2. The average Bonchev–Trinajstić information content (AvgIpc) is 3.11. The van der Waals surface area contributed by atoms with Gasteiger partial charge < -0.3 is 10.2 Å². The maximum absolute atomic E-state index is 12.8. The molecule has 3 rings (SSSR count). The summed E-state index contributed by atoms with van der Waals surface area (Å²) in [6.07, 6.45) is 2.23. The van der Waals surface area contributed by atoms with Crippen LogP contribution in [0.15, 0.2) is 42.5 Å². The lowest BCUT2D eigenvalue weighted by atomic mass is 10.1. The number of halogens is 2. The Kier molecular flexibility index (Phi) is 6.40. The Morgan fingerprint density at radius 1 is 1.15 bits per heavy atom. The second-order valence-corrected chi connectivity index (χ2v) is 7.66. The van der Waals surface area contributed by atoms with Crippen molar-refractivity contribution in [1.29, 1.82) is 0 Å². The van der Waals surface area contributed by atoms with Gasteiger partial charge in [0.1, 0.15) is 6.04 Å². The first-order valence-corrected chi connectivity index (χ1v) is 9.80. The van der Waals surface area contributed by atoms with Crippen LogP contribution in [0.25, 0.3) is 0 Å². The van der Waals surface area contributed by atoms with Crippen LogP contribution in [0.4, 0.5) is 0 Å². The maximum atomic E-state index is 12.8. The Morgan fingerprint density at radius 2 is 1.85 bits per heavy atom. The van der Waals surface area contributed by atoms with Gasteiger partial charge in [0, 0.05) is 28.7 Å². The Hall–Kier alpha value is -2.04. The van der Waals surface area contributed by atoms with E-state index in [2.05, 4.69) is 24.4 Å². The predicted molar refractivity (Wildman–Crippen MR) is 108 cm³/mol. The van der Waals surface area contributed by atoms with E-state index in [1.165, 1.54) is 11.1 Å². The first kappa shape index (κ1) is 19.7. The molecule has 6 heteroatoms. The average molecular weight is 405 g/mol. The van der Waals surface area contributed by atoms with Gasteiger partial charge in [0.05, 0.1) is 0 Å². The van der Waals surface area contributed by atoms with Crippen LogP contribution in [0, 0.1) is 6.92 Å². The molecule has 1 N–H and O–H groups in total. The van der Waals surface area contributed by atoms with Gasteiger partial charge in [-0.3, -0.25) is 9.59 Å². The fourth-order valence-electron chi connectivity index (χ4n) is 3.45. The Bertz CT molecular complexity index is 834. The maximum Gasteiger partial charge on any atom is 0.254 e. The quantitative estimate of drug-likeness (QED) is 0.808. The number of carbonyl (C=O) groups excluding carboxylic acids is 2. The molecular formula is C21H22Cl2N2O2. The number of aryl methyl sites for hydroxylation is 1. The number of nitrogens with zero attached hydrogens (tertiary/aromatic N) is 1. The van der Waals surface area contributed by atoms with Gasteiger partial charge in [-0.1, -0.05) is 47.5 Å². The highest BCUT2D eigenvalue weighted by Gasteiger charge is 2.34. The number of carbonyl (C=O) groups is 2. The fourth-order valence-corrected chi connectivity index (χ4v) is 3.98. The van der Waals surface area contributed by atoms with Crippen molar-refractivity contribution in [3.63, 3.8) is 0 Å². The van der Waals surface area contributed by atoms with E-state index in [0.29, 0.717) is 35.1 Å². The number of hydrogen-bond donors (Lipinski definition) is 1. The van der Waals surface area contributed by atoms with Gasteiger partial charge in [-0.05, 0) is 55.5 Å². The molecule has 27 heavy (non-hydrogen) atoms. The van der Waals surface area contributed by atoms with Gasteiger partial charge >= 0.3 is 0 Å². The highest BCUT2D eigenvalue weighted by Crippen LogP contribution is 2.24. The molecule has 142 valence electrons. The molecule has 2 aromatic rings. The van der Waals surface area contributed by atoms with E-state index in [4.69, 9.17) is 23.2 Å². The van der Waals surface area contributed by atoms with Crippen LogP contribution in [0.1, 0.15) is 34.3 Å². The van der Waals surface area contributed by atoms with Gasteiger partial charge in [-0.15, -0.1) is 0 Å². The van der Waals surface area contributed by atoms with Crippen LogP contribution in [0.3, 0.4) is 0 Å². The van der Waals surface area contributed by atoms with Crippen molar-refractivity contribution in [2.75, 3.05) is 13.1 Å². The van der Waals surface area contributed by atoms with E-state index in [0.717, 1.165) is 12.8 Å². The number of nitrogens with one attached hydrogen (secondary N) is 1. The lowest BCUT2D eigenvalue weighted by molar-refractivity contribution is -0.124. The second-order valence-electron chi connectivity index (χ2n) is 6.78. The summed E-state index contributed by atoms with van der Waals surface area (Å²) in [5, 5.41) is 3.79. The zero-order valence-corrected chi connectivity index (χ0v) is 16.7. The second kappa shape index (κ2) is 8.77. The van der Waals surface area contributed by atoms with Gasteiger partial charge in [0.15, 0.2) is 0 Å². The van der Waals surface area contributed by atoms with E-state index >= 15 is 0 Å². The molecule has 2 amide bonds. The van der Waals surface area contributed by atoms with Gasteiger partial charge in [-0.2, -0.15) is 0 Å². The predicted octanol–water partition coefficient (Wildman–Crippen LogP) is 4.27. The van der Waals surface area contributed by atoms with E-state index in [1.807, 2.05) is 12.1 Å². The topological polar surface area (TPSA) is 49.4 Å². The minimum atomic E-state index is -0.452. The van der Waals surface area contributed by atoms with Crippen LogP contribution in [0.5, 0.6) is 0 Å². The molecule has 1 heterocycles. The van der Waals surface area contributed by atoms with E-state index in [-0.39, 0.29) is 11.8 Å². The molecule has 1 unspecified atom stereocenters. The normalized spacial score (nSPS) is 16.4. The molecule has 0 aliphatic carbocycles. The molecule has 1 aliphatic rings. The molecular weight excluding hydrogens is 383 g/mol. The van der Waals surface area contributed by atoms with Crippen molar-refractivity contribution >= 4 is 35.0 Å². The van der Waals surface area contributed by atoms with Crippen molar-refractivity contribution < 1.29 is 9.59 Å². The number of rotatable bonds is 5. The highest BCUT2D eigenvalue weighted by molar-refractivity contribution is 6.35. The van der Waals surface area contributed by atoms with Crippen LogP contribution >= 0.6 is 23.2 Å². The van der Waals surface area contributed by atoms with E-state index in [1.54, 1.807) is 23.1 Å². The van der Waals surface area contributed by atoms with E-state index in [9.17, 15) is 9.59 Å². The summed E-state index contributed by atoms with van der Waals surface area (Å²) >= 11 is 12.0. The van der Waals surface area contributed by atoms with Crippen LogP contribution in [-0.2, 0) is 11.2 Å². The molecule has 2 aromatic carbocycles. The van der Waals surface area contributed by atoms with Gasteiger partial charge in [-0.25, -0.2) is 0 Å². The van der Waals surface area contributed by atoms with E-state index < -0.39 is 6.04 Å². The van der Waals surface area contributed by atoms with Crippen LogP contribution in [-0.4, -0.2) is 35.8 Å². The SMILES string of the molecule is Cc1ccccc1CCNC(=O)C1CCCN1C(=O)c1cc(Cl)cc(Cl)c1. The number of hydrogen-bond acceptors (Lipinski definition) is 2. The summed E-state index contributed by atoms with van der Waals surface area (Å²) in [5.41, 5.74) is 2.83. The first-order chi connectivity index (χ1) is 13.0. The summed E-state index contributed by atoms with van der Waals surface area (Å²) in [7, 11) is 0. The van der Waals surface area contributed by atoms with Crippen LogP contribution < -0.4 is 5.32 Å². The largest absolute Gasteiger partial charge is 0.354 e. The zero-order valence-electron chi connectivity index (χ0n) is 15.2. The minimum absolute atomic E-state index is 0.109. The molecule has 0 bridgehead atoms. The highest BCUT2D eigenvalue weighted by atomic mass is 35.5. The minimum Gasteiger partial charge on any atom is -0.354 e. The van der Waals surface area contributed by atoms with Crippen LogP contribution in [0.2, 0.25) is 10.0 Å². The van der Waals surface area contributed by atoms with Crippen molar-refractivity contribution in [3.8, 4) is 0 Å². The number of amides is 2. The molecule has 1 saturated heterocycles. The summed E-state index contributed by atoms with van der Waals surface area (Å²) in [5.74, 6) is -0.321. The monoisotopic (exact) mass is 404 g/mol. The zero-order chi connectivity index (χ0) is 19.4.